The van der Waals surface area contributed by atoms with Crippen LogP contribution in [0.4, 0.5) is 8.78 Å². The van der Waals surface area contributed by atoms with E-state index in [1.165, 1.54) is 0 Å². The molecule has 2 rings (SSSR count). The fourth-order valence-electron chi connectivity index (χ4n) is 3.26. The van der Waals surface area contributed by atoms with Gasteiger partial charge in [0.15, 0.2) is 11.6 Å². The predicted molar refractivity (Wildman–Crippen MR) is 74.1 cm³/mol. The summed E-state index contributed by atoms with van der Waals surface area (Å²) < 4.78 is 27.8. The SMILES string of the molecule is CCCC1CCC(N)C(c2ccc(C)c(F)c2F)C1. The first-order valence-electron chi connectivity index (χ1n) is 7.24. The second-order valence-electron chi connectivity index (χ2n) is 5.84. The maximum atomic E-state index is 14.1. The third-order valence-electron chi connectivity index (χ3n) is 4.41. The summed E-state index contributed by atoms with van der Waals surface area (Å²) in [5.41, 5.74) is 6.96. The Morgan fingerprint density at radius 2 is 1.95 bits per heavy atom. The van der Waals surface area contributed by atoms with Crippen molar-refractivity contribution < 1.29 is 8.78 Å². The minimum atomic E-state index is -0.720. The van der Waals surface area contributed by atoms with Gasteiger partial charge in [-0.1, -0.05) is 31.9 Å². The van der Waals surface area contributed by atoms with E-state index < -0.39 is 11.6 Å². The van der Waals surface area contributed by atoms with Crippen molar-refractivity contribution in [1.82, 2.24) is 0 Å². The Bertz CT molecular complexity index is 445. The van der Waals surface area contributed by atoms with Crippen LogP contribution >= 0.6 is 0 Å². The second-order valence-corrected chi connectivity index (χ2v) is 5.84. The molecule has 0 heterocycles. The minimum absolute atomic E-state index is 0.0413. The van der Waals surface area contributed by atoms with Gasteiger partial charge in [0, 0.05) is 12.0 Å². The van der Waals surface area contributed by atoms with Crippen molar-refractivity contribution in [2.24, 2.45) is 11.7 Å². The number of halogens is 2. The zero-order valence-corrected chi connectivity index (χ0v) is 11.8. The van der Waals surface area contributed by atoms with Crippen molar-refractivity contribution in [1.29, 1.82) is 0 Å². The summed E-state index contributed by atoms with van der Waals surface area (Å²) >= 11 is 0. The van der Waals surface area contributed by atoms with E-state index in [4.69, 9.17) is 5.73 Å². The molecule has 0 spiro atoms. The van der Waals surface area contributed by atoms with Gasteiger partial charge in [0.2, 0.25) is 0 Å². The van der Waals surface area contributed by atoms with Crippen molar-refractivity contribution in [3.8, 4) is 0 Å². The maximum Gasteiger partial charge on any atom is 0.162 e. The van der Waals surface area contributed by atoms with Gasteiger partial charge >= 0.3 is 0 Å². The number of benzene rings is 1. The van der Waals surface area contributed by atoms with Gasteiger partial charge in [0.25, 0.3) is 0 Å². The number of aryl methyl sites for hydroxylation is 1. The molecule has 0 bridgehead atoms. The van der Waals surface area contributed by atoms with Crippen LogP contribution in [0.15, 0.2) is 12.1 Å². The number of hydrogen-bond acceptors (Lipinski definition) is 1. The average Bonchev–Trinajstić information content (AvgIpc) is 2.39. The molecular formula is C16H23F2N. The van der Waals surface area contributed by atoms with Crippen LogP contribution in [0.25, 0.3) is 0 Å². The molecule has 0 radical (unpaired) electrons. The van der Waals surface area contributed by atoms with Crippen LogP contribution in [0, 0.1) is 24.5 Å². The van der Waals surface area contributed by atoms with Gasteiger partial charge in [-0.3, -0.25) is 0 Å². The molecule has 3 unspecified atom stereocenters. The van der Waals surface area contributed by atoms with Crippen LogP contribution in [0.3, 0.4) is 0 Å². The van der Waals surface area contributed by atoms with Crippen LogP contribution in [0.2, 0.25) is 0 Å². The summed E-state index contributed by atoms with van der Waals surface area (Å²) in [6.45, 7) is 3.75. The first kappa shape index (κ1) is 14.4. The smallest absolute Gasteiger partial charge is 0.162 e. The summed E-state index contributed by atoms with van der Waals surface area (Å²) in [5.74, 6) is -0.862. The van der Waals surface area contributed by atoms with E-state index >= 15 is 0 Å². The Morgan fingerprint density at radius 1 is 1.21 bits per heavy atom. The highest BCUT2D eigenvalue weighted by atomic mass is 19.2. The first-order chi connectivity index (χ1) is 9.04. The molecule has 3 heteroatoms. The zero-order chi connectivity index (χ0) is 14.0. The minimum Gasteiger partial charge on any atom is -0.327 e. The Morgan fingerprint density at radius 3 is 2.63 bits per heavy atom. The molecule has 0 aliphatic heterocycles. The van der Waals surface area contributed by atoms with E-state index in [2.05, 4.69) is 6.92 Å². The monoisotopic (exact) mass is 267 g/mol. The summed E-state index contributed by atoms with van der Waals surface area (Å²) in [7, 11) is 0. The molecule has 1 aromatic rings. The van der Waals surface area contributed by atoms with Crippen LogP contribution < -0.4 is 5.73 Å². The van der Waals surface area contributed by atoms with E-state index in [1.807, 2.05) is 0 Å². The van der Waals surface area contributed by atoms with Crippen molar-refractivity contribution in [2.45, 2.75) is 57.9 Å². The predicted octanol–water partition coefficient (Wildman–Crippen LogP) is 4.28. The number of nitrogens with two attached hydrogens (primary N) is 1. The Labute approximate surface area is 114 Å². The number of rotatable bonds is 3. The lowest BCUT2D eigenvalue weighted by molar-refractivity contribution is 0.269. The normalized spacial score (nSPS) is 27.5. The van der Waals surface area contributed by atoms with Crippen LogP contribution in [-0.2, 0) is 0 Å². The van der Waals surface area contributed by atoms with Gasteiger partial charge in [0.1, 0.15) is 0 Å². The molecule has 2 N–H and O–H groups in total. The molecule has 1 fully saturated rings. The Hall–Kier alpha value is -0.960. The van der Waals surface area contributed by atoms with Crippen LogP contribution in [-0.4, -0.2) is 6.04 Å². The van der Waals surface area contributed by atoms with E-state index in [9.17, 15) is 8.78 Å². The standard InChI is InChI=1S/C16H23F2N/c1-3-4-11-6-8-14(19)13(9-11)12-7-5-10(2)15(17)16(12)18/h5,7,11,13-14H,3-4,6,8-9,19H2,1-2H3. The Balaban J connectivity index is 2.26. The summed E-state index contributed by atoms with van der Waals surface area (Å²) in [5, 5.41) is 0. The molecule has 19 heavy (non-hydrogen) atoms. The van der Waals surface area contributed by atoms with Gasteiger partial charge in [-0.05, 0) is 43.2 Å². The highest BCUT2D eigenvalue weighted by Gasteiger charge is 2.31. The lowest BCUT2D eigenvalue weighted by Crippen LogP contribution is -2.35. The van der Waals surface area contributed by atoms with Crippen LogP contribution in [0.5, 0.6) is 0 Å². The highest BCUT2D eigenvalue weighted by molar-refractivity contribution is 5.29. The quantitative estimate of drug-likeness (QED) is 0.869. The average molecular weight is 267 g/mol. The maximum absolute atomic E-state index is 14.1. The summed E-state index contributed by atoms with van der Waals surface area (Å²) in [6, 6.07) is 3.32. The zero-order valence-electron chi connectivity index (χ0n) is 11.8. The van der Waals surface area contributed by atoms with Crippen molar-refractivity contribution in [2.75, 3.05) is 0 Å². The van der Waals surface area contributed by atoms with Crippen molar-refractivity contribution >= 4 is 0 Å². The summed E-state index contributed by atoms with van der Waals surface area (Å²) in [6.07, 6.45) is 5.19. The first-order valence-corrected chi connectivity index (χ1v) is 7.24. The van der Waals surface area contributed by atoms with Gasteiger partial charge in [-0.25, -0.2) is 8.78 Å². The molecule has 3 atom stereocenters. The van der Waals surface area contributed by atoms with E-state index in [0.717, 1.165) is 32.1 Å². The lowest BCUT2D eigenvalue weighted by atomic mass is 9.73. The molecule has 0 amide bonds. The molecule has 1 aliphatic rings. The van der Waals surface area contributed by atoms with Crippen LogP contribution in [0.1, 0.15) is 56.1 Å². The lowest BCUT2D eigenvalue weighted by Gasteiger charge is -2.34. The van der Waals surface area contributed by atoms with Crippen molar-refractivity contribution in [3.05, 3.63) is 34.9 Å². The van der Waals surface area contributed by atoms with Gasteiger partial charge in [0.05, 0.1) is 0 Å². The highest BCUT2D eigenvalue weighted by Crippen LogP contribution is 2.39. The Kier molecular flexibility index (Phi) is 4.56. The van der Waals surface area contributed by atoms with Gasteiger partial charge in [-0.15, -0.1) is 0 Å². The van der Waals surface area contributed by atoms with Crippen molar-refractivity contribution in [3.63, 3.8) is 0 Å². The van der Waals surface area contributed by atoms with E-state index in [1.54, 1.807) is 19.1 Å². The number of hydrogen-bond donors (Lipinski definition) is 1. The molecular weight excluding hydrogens is 244 g/mol. The summed E-state index contributed by atoms with van der Waals surface area (Å²) in [4.78, 5) is 0. The molecule has 1 aromatic carbocycles. The molecule has 0 aromatic heterocycles. The molecule has 1 nitrogen and oxygen atoms in total. The third kappa shape index (κ3) is 2.97. The third-order valence-corrected chi connectivity index (χ3v) is 4.41. The molecule has 1 aliphatic carbocycles. The second kappa shape index (κ2) is 6.00. The topological polar surface area (TPSA) is 26.0 Å². The van der Waals surface area contributed by atoms with Gasteiger partial charge < -0.3 is 5.73 Å². The fraction of sp³-hybridized carbons (Fsp3) is 0.625. The molecule has 1 saturated carbocycles. The fourth-order valence-corrected chi connectivity index (χ4v) is 3.26. The molecule has 106 valence electrons. The van der Waals surface area contributed by atoms with Gasteiger partial charge in [-0.2, -0.15) is 0 Å². The van der Waals surface area contributed by atoms with E-state index in [-0.39, 0.29) is 12.0 Å². The van der Waals surface area contributed by atoms with E-state index in [0.29, 0.717) is 17.0 Å². The largest absolute Gasteiger partial charge is 0.327 e. The molecule has 0 saturated heterocycles.